The van der Waals surface area contributed by atoms with Gasteiger partial charge in [-0.2, -0.15) is 8.42 Å². The van der Waals surface area contributed by atoms with Gasteiger partial charge < -0.3 is 0 Å². The maximum absolute atomic E-state index is 13.5. The normalized spacial score (nSPS) is 11.3. The van der Waals surface area contributed by atoms with Crippen LogP contribution in [-0.4, -0.2) is 13.4 Å². The fraction of sp³-hybridized carbons (Fsp3) is 0.0833. The van der Waals surface area contributed by atoms with Crippen LogP contribution in [0.25, 0.3) is 0 Å². The Kier molecular flexibility index (Phi) is 3.86. The van der Waals surface area contributed by atoms with Crippen LogP contribution in [0.3, 0.4) is 0 Å². The van der Waals surface area contributed by atoms with Crippen molar-refractivity contribution >= 4 is 31.6 Å². The number of benzene rings is 1. The smallest absolute Gasteiger partial charge is 0.277 e. The number of rotatable bonds is 3. The fourth-order valence-corrected chi connectivity index (χ4v) is 3.28. The van der Waals surface area contributed by atoms with Crippen molar-refractivity contribution in [1.82, 2.24) is 4.98 Å². The molecule has 0 aliphatic carbocycles. The first-order chi connectivity index (χ1) is 8.90. The first-order valence-corrected chi connectivity index (χ1v) is 7.57. The van der Waals surface area contributed by atoms with E-state index >= 15 is 0 Å². The summed E-state index contributed by atoms with van der Waals surface area (Å²) in [6.07, 6.45) is 1.22. The second kappa shape index (κ2) is 5.26. The standard InChI is InChI=1S/C12H10BrFN2O2S/c1-8-4-5-11(9(13)7-8)16-19(17,18)12-10(14)3-2-6-15-12/h2-7,16H,1H3. The third kappa shape index (κ3) is 3.10. The minimum Gasteiger partial charge on any atom is -0.277 e. The van der Waals surface area contributed by atoms with Crippen LogP contribution in [0.5, 0.6) is 0 Å². The largest absolute Gasteiger partial charge is 0.282 e. The Bertz CT molecular complexity index is 719. The lowest BCUT2D eigenvalue weighted by Crippen LogP contribution is -2.16. The summed E-state index contributed by atoms with van der Waals surface area (Å²) >= 11 is 3.25. The molecule has 0 atom stereocenters. The average molecular weight is 345 g/mol. The summed E-state index contributed by atoms with van der Waals surface area (Å²) < 4.78 is 40.4. The van der Waals surface area contributed by atoms with Crippen LogP contribution in [0, 0.1) is 12.7 Å². The Morgan fingerprint density at radius 3 is 2.68 bits per heavy atom. The molecule has 0 spiro atoms. The lowest BCUT2D eigenvalue weighted by molar-refractivity contribution is 0.557. The Labute approximate surface area is 118 Å². The monoisotopic (exact) mass is 344 g/mol. The zero-order valence-corrected chi connectivity index (χ0v) is 12.3. The Morgan fingerprint density at radius 1 is 1.32 bits per heavy atom. The SMILES string of the molecule is Cc1ccc(NS(=O)(=O)c2ncccc2F)c(Br)c1. The van der Waals surface area contributed by atoms with Crippen LogP contribution in [-0.2, 0) is 10.0 Å². The third-order valence-corrected chi connectivity index (χ3v) is 4.30. The summed E-state index contributed by atoms with van der Waals surface area (Å²) in [5, 5.41) is -0.623. The lowest BCUT2D eigenvalue weighted by atomic mass is 10.2. The van der Waals surface area contributed by atoms with Gasteiger partial charge in [0.05, 0.1) is 5.69 Å². The molecule has 1 heterocycles. The van der Waals surface area contributed by atoms with E-state index in [1.165, 1.54) is 12.3 Å². The van der Waals surface area contributed by atoms with E-state index in [9.17, 15) is 12.8 Å². The number of aromatic nitrogens is 1. The van der Waals surface area contributed by atoms with Crippen molar-refractivity contribution < 1.29 is 12.8 Å². The Morgan fingerprint density at radius 2 is 2.05 bits per heavy atom. The molecule has 4 nitrogen and oxygen atoms in total. The maximum Gasteiger partial charge on any atom is 0.282 e. The fourth-order valence-electron chi connectivity index (χ4n) is 1.46. The molecule has 0 radical (unpaired) electrons. The molecule has 0 unspecified atom stereocenters. The number of nitrogens with one attached hydrogen (secondary N) is 1. The van der Waals surface area contributed by atoms with Gasteiger partial charge in [0.15, 0.2) is 5.82 Å². The molecule has 0 saturated heterocycles. The van der Waals surface area contributed by atoms with E-state index in [2.05, 4.69) is 25.6 Å². The van der Waals surface area contributed by atoms with Crippen molar-refractivity contribution in [1.29, 1.82) is 0 Å². The van der Waals surface area contributed by atoms with Crippen LogP contribution in [0.15, 0.2) is 46.0 Å². The van der Waals surface area contributed by atoms with Gasteiger partial charge in [0.25, 0.3) is 10.0 Å². The van der Waals surface area contributed by atoms with Crippen LogP contribution < -0.4 is 4.72 Å². The second-order valence-electron chi connectivity index (χ2n) is 3.88. The maximum atomic E-state index is 13.5. The van der Waals surface area contributed by atoms with Crippen molar-refractivity contribution in [2.24, 2.45) is 0 Å². The number of aryl methyl sites for hydroxylation is 1. The van der Waals surface area contributed by atoms with Gasteiger partial charge in [-0.25, -0.2) is 9.37 Å². The summed E-state index contributed by atoms with van der Waals surface area (Å²) in [6, 6.07) is 7.48. The molecule has 0 aliphatic heterocycles. The molecule has 1 aromatic carbocycles. The molecule has 7 heteroatoms. The number of sulfonamides is 1. The van der Waals surface area contributed by atoms with Crippen molar-refractivity contribution in [2.75, 3.05) is 4.72 Å². The number of hydrogen-bond donors (Lipinski definition) is 1. The number of anilines is 1. The zero-order chi connectivity index (χ0) is 14.0. The van der Waals surface area contributed by atoms with E-state index in [4.69, 9.17) is 0 Å². The molecule has 0 amide bonds. The van der Waals surface area contributed by atoms with Gasteiger partial charge in [-0.1, -0.05) is 6.07 Å². The molecule has 2 rings (SSSR count). The number of pyridine rings is 1. The van der Waals surface area contributed by atoms with Gasteiger partial charge in [-0.05, 0) is 52.7 Å². The molecule has 100 valence electrons. The van der Waals surface area contributed by atoms with E-state index in [1.807, 2.05) is 6.92 Å². The molecule has 1 N–H and O–H groups in total. The molecule has 2 aromatic rings. The summed E-state index contributed by atoms with van der Waals surface area (Å²) in [7, 11) is -4.05. The summed E-state index contributed by atoms with van der Waals surface area (Å²) in [4.78, 5) is 3.55. The van der Waals surface area contributed by atoms with Crippen LogP contribution in [0.4, 0.5) is 10.1 Å². The first-order valence-electron chi connectivity index (χ1n) is 5.29. The van der Waals surface area contributed by atoms with E-state index in [-0.39, 0.29) is 0 Å². The van der Waals surface area contributed by atoms with Crippen LogP contribution in [0.2, 0.25) is 0 Å². The Balaban J connectivity index is 2.40. The first kappa shape index (κ1) is 14.0. The van der Waals surface area contributed by atoms with Crippen LogP contribution in [0.1, 0.15) is 5.56 Å². The lowest BCUT2D eigenvalue weighted by Gasteiger charge is -2.10. The quantitative estimate of drug-likeness (QED) is 0.930. The van der Waals surface area contributed by atoms with Gasteiger partial charge in [0.1, 0.15) is 0 Å². The highest BCUT2D eigenvalue weighted by Crippen LogP contribution is 2.26. The summed E-state index contributed by atoms with van der Waals surface area (Å²) in [5.41, 5.74) is 1.30. The van der Waals surface area contributed by atoms with E-state index in [1.54, 1.807) is 18.2 Å². The van der Waals surface area contributed by atoms with Gasteiger partial charge in [0.2, 0.25) is 5.03 Å². The number of halogens is 2. The van der Waals surface area contributed by atoms with Crippen molar-refractivity contribution in [3.63, 3.8) is 0 Å². The van der Waals surface area contributed by atoms with Crippen molar-refractivity contribution in [2.45, 2.75) is 11.9 Å². The van der Waals surface area contributed by atoms with E-state index < -0.39 is 20.9 Å². The highest BCUT2D eigenvalue weighted by Gasteiger charge is 2.21. The number of hydrogen-bond acceptors (Lipinski definition) is 3. The van der Waals surface area contributed by atoms with E-state index in [0.717, 1.165) is 11.6 Å². The summed E-state index contributed by atoms with van der Waals surface area (Å²) in [5.74, 6) is -0.891. The molecular weight excluding hydrogens is 335 g/mol. The average Bonchev–Trinajstić information content (AvgIpc) is 2.33. The predicted octanol–water partition coefficient (Wildman–Crippen LogP) is 3.09. The molecule has 0 saturated carbocycles. The molecular formula is C12H10BrFN2O2S. The molecule has 19 heavy (non-hydrogen) atoms. The second-order valence-corrected chi connectivity index (χ2v) is 6.33. The van der Waals surface area contributed by atoms with Gasteiger partial charge >= 0.3 is 0 Å². The number of nitrogens with zero attached hydrogens (tertiary/aromatic N) is 1. The molecule has 1 aromatic heterocycles. The molecule has 0 fully saturated rings. The van der Waals surface area contributed by atoms with Crippen LogP contribution >= 0.6 is 15.9 Å². The Hall–Kier alpha value is -1.47. The predicted molar refractivity (Wildman–Crippen MR) is 73.9 cm³/mol. The van der Waals surface area contributed by atoms with Crippen molar-refractivity contribution in [3.8, 4) is 0 Å². The third-order valence-electron chi connectivity index (χ3n) is 2.35. The minimum absolute atomic E-state index is 0.329. The highest BCUT2D eigenvalue weighted by molar-refractivity contribution is 9.10. The molecule has 0 aliphatic rings. The van der Waals surface area contributed by atoms with Gasteiger partial charge in [0, 0.05) is 10.7 Å². The summed E-state index contributed by atoms with van der Waals surface area (Å²) in [6.45, 7) is 1.88. The topological polar surface area (TPSA) is 59.1 Å². The molecule has 0 bridgehead atoms. The van der Waals surface area contributed by atoms with Gasteiger partial charge in [-0.15, -0.1) is 0 Å². The highest BCUT2D eigenvalue weighted by atomic mass is 79.9. The van der Waals surface area contributed by atoms with E-state index in [0.29, 0.717) is 10.2 Å². The van der Waals surface area contributed by atoms with Gasteiger partial charge in [-0.3, -0.25) is 4.72 Å². The minimum atomic E-state index is -4.05. The zero-order valence-electron chi connectivity index (χ0n) is 9.89. The van der Waals surface area contributed by atoms with Crippen molar-refractivity contribution in [3.05, 3.63) is 52.4 Å².